The van der Waals surface area contributed by atoms with E-state index in [1.54, 1.807) is 0 Å². The Hall–Kier alpha value is -3.21. The molecule has 30 heavy (non-hydrogen) atoms. The first-order chi connectivity index (χ1) is 14.6. The van der Waals surface area contributed by atoms with Crippen molar-refractivity contribution in [3.8, 4) is 0 Å². The fourth-order valence-electron chi connectivity index (χ4n) is 4.54. The minimum atomic E-state index is -1.03. The molecule has 3 aromatic carbocycles. The van der Waals surface area contributed by atoms with Crippen LogP contribution in [0.2, 0.25) is 0 Å². The van der Waals surface area contributed by atoms with Gasteiger partial charge >= 0.3 is 5.97 Å². The van der Waals surface area contributed by atoms with E-state index in [-0.39, 0.29) is 0 Å². The van der Waals surface area contributed by atoms with Gasteiger partial charge in [0.15, 0.2) is 0 Å². The number of carboxylic acid groups (broad SMARTS) is 1. The average Bonchev–Trinajstić information content (AvgIpc) is 2.78. The highest BCUT2D eigenvalue weighted by atomic mass is 16.4. The summed E-state index contributed by atoms with van der Waals surface area (Å²) in [6, 6.07) is 30.9. The summed E-state index contributed by atoms with van der Waals surface area (Å²) in [6.45, 7) is 1.00. The van der Waals surface area contributed by atoms with Gasteiger partial charge in [0.1, 0.15) is 0 Å². The molecule has 0 aromatic heterocycles. The molecule has 0 amide bonds. The van der Waals surface area contributed by atoms with Gasteiger partial charge in [-0.1, -0.05) is 91.0 Å². The minimum Gasteiger partial charge on any atom is -0.478 e. The normalized spacial score (nSPS) is 19.0. The first-order valence-corrected chi connectivity index (χ1v) is 10.2. The fourth-order valence-corrected chi connectivity index (χ4v) is 4.54. The fraction of sp³-hybridized carbons (Fsp3) is 0.192. The van der Waals surface area contributed by atoms with Crippen LogP contribution in [0.5, 0.6) is 0 Å². The molecule has 0 spiro atoms. The Kier molecular flexibility index (Phi) is 5.79. The maximum absolute atomic E-state index is 11.4. The molecule has 0 saturated carbocycles. The van der Waals surface area contributed by atoms with Crippen molar-refractivity contribution in [3.63, 3.8) is 0 Å². The molecule has 1 unspecified atom stereocenters. The van der Waals surface area contributed by atoms with Crippen LogP contribution in [0, 0.1) is 0 Å². The van der Waals surface area contributed by atoms with Crippen molar-refractivity contribution >= 4 is 5.97 Å². The lowest BCUT2D eigenvalue weighted by Crippen LogP contribution is -2.53. The number of rotatable bonds is 5. The smallest absolute Gasteiger partial charge is 0.328 e. The van der Waals surface area contributed by atoms with E-state index in [9.17, 15) is 15.0 Å². The first-order valence-electron chi connectivity index (χ1n) is 10.2. The van der Waals surface area contributed by atoms with Gasteiger partial charge in [0.2, 0.25) is 0 Å². The minimum absolute atomic E-state index is 0.367. The standard InChI is InChI=1S/C26H25NO3/c28-24-16-17-27(19-20(24)18-25(29)30)26(21-10-4-1-5-11-21,22-12-6-2-7-13-22)23-14-8-3-9-15-23/h1-15,18,24,28H,16-17,19H2,(H,29,30). The number of piperidine rings is 1. The zero-order valence-corrected chi connectivity index (χ0v) is 16.7. The summed E-state index contributed by atoms with van der Waals surface area (Å²) in [4.78, 5) is 13.7. The summed E-state index contributed by atoms with van der Waals surface area (Å²) in [6.07, 6.45) is 0.896. The van der Waals surface area contributed by atoms with E-state index in [1.807, 2.05) is 54.6 Å². The molecular weight excluding hydrogens is 374 g/mol. The van der Waals surface area contributed by atoms with Crippen LogP contribution in [-0.4, -0.2) is 40.3 Å². The predicted octanol–water partition coefficient (Wildman–Crippen LogP) is 4.06. The Morgan fingerprint density at radius 3 is 1.67 bits per heavy atom. The number of aliphatic carboxylic acids is 1. The lowest BCUT2D eigenvalue weighted by molar-refractivity contribution is -0.131. The highest BCUT2D eigenvalue weighted by Gasteiger charge is 2.44. The maximum atomic E-state index is 11.4. The van der Waals surface area contributed by atoms with Gasteiger partial charge in [0.05, 0.1) is 11.6 Å². The van der Waals surface area contributed by atoms with Crippen LogP contribution < -0.4 is 0 Å². The van der Waals surface area contributed by atoms with Gasteiger partial charge in [-0.2, -0.15) is 0 Å². The van der Waals surface area contributed by atoms with Crippen molar-refractivity contribution in [3.05, 3.63) is 119 Å². The van der Waals surface area contributed by atoms with E-state index < -0.39 is 17.6 Å². The first kappa shape index (κ1) is 20.1. The van der Waals surface area contributed by atoms with Crippen LogP contribution in [0.15, 0.2) is 103 Å². The van der Waals surface area contributed by atoms with Crippen LogP contribution in [0.3, 0.4) is 0 Å². The highest BCUT2D eigenvalue weighted by Crippen LogP contribution is 2.44. The van der Waals surface area contributed by atoms with Gasteiger partial charge in [-0.15, -0.1) is 0 Å². The topological polar surface area (TPSA) is 60.8 Å². The zero-order valence-electron chi connectivity index (χ0n) is 16.7. The molecule has 0 radical (unpaired) electrons. The number of carboxylic acids is 1. The molecule has 152 valence electrons. The quantitative estimate of drug-likeness (QED) is 0.502. The Bertz CT molecular complexity index is 919. The Balaban J connectivity index is 1.97. The molecule has 3 aromatic rings. The van der Waals surface area contributed by atoms with Crippen molar-refractivity contribution in [2.45, 2.75) is 18.1 Å². The van der Waals surface area contributed by atoms with Crippen LogP contribution in [0.4, 0.5) is 0 Å². The summed E-state index contributed by atoms with van der Waals surface area (Å²) in [5, 5.41) is 19.8. The van der Waals surface area contributed by atoms with Crippen LogP contribution in [-0.2, 0) is 10.3 Å². The molecule has 1 aliphatic heterocycles. The summed E-state index contributed by atoms with van der Waals surface area (Å²) in [5.74, 6) is -1.03. The third kappa shape index (κ3) is 3.67. The van der Waals surface area contributed by atoms with Crippen molar-refractivity contribution in [1.29, 1.82) is 0 Å². The maximum Gasteiger partial charge on any atom is 0.328 e. The van der Waals surface area contributed by atoms with Crippen molar-refractivity contribution in [2.75, 3.05) is 13.1 Å². The second-order valence-corrected chi connectivity index (χ2v) is 7.59. The molecule has 1 heterocycles. The zero-order chi connectivity index (χ0) is 21.0. The van der Waals surface area contributed by atoms with E-state index in [0.29, 0.717) is 25.1 Å². The SMILES string of the molecule is O=C(O)C=C1CN(C(c2ccccc2)(c2ccccc2)c2ccccc2)CCC1O. The summed E-state index contributed by atoms with van der Waals surface area (Å²) >= 11 is 0. The Labute approximate surface area is 176 Å². The van der Waals surface area contributed by atoms with E-state index in [2.05, 4.69) is 41.3 Å². The Morgan fingerprint density at radius 1 is 0.833 bits per heavy atom. The number of nitrogens with zero attached hydrogens (tertiary/aromatic N) is 1. The van der Waals surface area contributed by atoms with E-state index in [1.165, 1.54) is 0 Å². The number of aliphatic hydroxyl groups excluding tert-OH is 1. The van der Waals surface area contributed by atoms with Crippen LogP contribution >= 0.6 is 0 Å². The van der Waals surface area contributed by atoms with Crippen LogP contribution in [0.25, 0.3) is 0 Å². The molecule has 1 aliphatic rings. The van der Waals surface area contributed by atoms with Gasteiger partial charge in [-0.25, -0.2) is 4.79 Å². The lowest BCUT2D eigenvalue weighted by atomic mass is 9.74. The second-order valence-electron chi connectivity index (χ2n) is 7.59. The summed E-state index contributed by atoms with van der Waals surface area (Å²) in [7, 11) is 0. The molecule has 4 rings (SSSR count). The molecule has 1 atom stereocenters. The molecule has 2 N–H and O–H groups in total. The van der Waals surface area contributed by atoms with E-state index in [4.69, 9.17) is 0 Å². The predicted molar refractivity (Wildman–Crippen MR) is 117 cm³/mol. The number of carbonyl (C=O) groups is 1. The van der Waals surface area contributed by atoms with Gasteiger partial charge < -0.3 is 10.2 Å². The van der Waals surface area contributed by atoms with Gasteiger partial charge in [-0.05, 0) is 28.7 Å². The van der Waals surface area contributed by atoms with Crippen LogP contribution in [0.1, 0.15) is 23.1 Å². The summed E-state index contributed by atoms with van der Waals surface area (Å²) in [5.41, 5.74) is 3.23. The van der Waals surface area contributed by atoms with Crippen molar-refractivity contribution < 1.29 is 15.0 Å². The van der Waals surface area contributed by atoms with Gasteiger partial charge in [0.25, 0.3) is 0 Å². The van der Waals surface area contributed by atoms with E-state index >= 15 is 0 Å². The molecule has 4 nitrogen and oxygen atoms in total. The highest BCUT2D eigenvalue weighted by molar-refractivity contribution is 5.81. The van der Waals surface area contributed by atoms with Crippen molar-refractivity contribution in [1.82, 2.24) is 4.90 Å². The number of benzene rings is 3. The number of hydrogen-bond donors (Lipinski definition) is 2. The number of likely N-dealkylation sites (tertiary alicyclic amines) is 1. The molecule has 1 fully saturated rings. The lowest BCUT2D eigenvalue weighted by Gasteiger charge is -2.48. The molecule has 4 heteroatoms. The third-order valence-electron chi connectivity index (χ3n) is 5.83. The molecular formula is C26H25NO3. The van der Waals surface area contributed by atoms with Gasteiger partial charge in [0, 0.05) is 19.2 Å². The van der Waals surface area contributed by atoms with Gasteiger partial charge in [-0.3, -0.25) is 4.90 Å². The number of hydrogen-bond acceptors (Lipinski definition) is 3. The Morgan fingerprint density at radius 2 is 1.27 bits per heavy atom. The third-order valence-corrected chi connectivity index (χ3v) is 5.83. The largest absolute Gasteiger partial charge is 0.478 e. The molecule has 0 aliphatic carbocycles. The molecule has 1 saturated heterocycles. The van der Waals surface area contributed by atoms with Crippen molar-refractivity contribution in [2.24, 2.45) is 0 Å². The number of aliphatic hydroxyl groups is 1. The average molecular weight is 399 g/mol. The second kappa shape index (κ2) is 8.66. The molecule has 0 bridgehead atoms. The monoisotopic (exact) mass is 399 g/mol. The van der Waals surface area contributed by atoms with E-state index in [0.717, 1.165) is 22.8 Å². The summed E-state index contributed by atoms with van der Waals surface area (Å²) < 4.78 is 0.